The maximum absolute atomic E-state index is 11.4. The van der Waals surface area contributed by atoms with Crippen LogP contribution in [0.4, 0.5) is 4.79 Å². The SMILES string of the molecule is C#CCSCCNC(=O)N[C@@H](CCSC)C(=O)O. The van der Waals surface area contributed by atoms with Gasteiger partial charge >= 0.3 is 12.0 Å². The number of carbonyl (C=O) groups excluding carboxylic acids is 1. The van der Waals surface area contributed by atoms with Crippen molar-refractivity contribution in [3.05, 3.63) is 0 Å². The summed E-state index contributed by atoms with van der Waals surface area (Å²) in [5.74, 6) is 3.47. The summed E-state index contributed by atoms with van der Waals surface area (Å²) < 4.78 is 0. The highest BCUT2D eigenvalue weighted by molar-refractivity contribution is 7.99. The van der Waals surface area contributed by atoms with Crippen LogP contribution in [0, 0.1) is 12.3 Å². The second kappa shape index (κ2) is 11.1. The van der Waals surface area contributed by atoms with Crippen LogP contribution in [-0.4, -0.2) is 53.2 Å². The molecule has 0 spiro atoms. The molecule has 0 aliphatic rings. The average molecular weight is 290 g/mol. The van der Waals surface area contributed by atoms with Crippen LogP contribution < -0.4 is 10.6 Å². The summed E-state index contributed by atoms with van der Waals surface area (Å²) in [6, 6.07) is -1.29. The Morgan fingerprint density at radius 3 is 2.72 bits per heavy atom. The van der Waals surface area contributed by atoms with E-state index in [-0.39, 0.29) is 0 Å². The number of carboxylic acids is 1. The van der Waals surface area contributed by atoms with Gasteiger partial charge in [0.1, 0.15) is 6.04 Å². The molecule has 0 fully saturated rings. The number of nitrogens with one attached hydrogen (secondary N) is 2. The van der Waals surface area contributed by atoms with E-state index >= 15 is 0 Å². The van der Waals surface area contributed by atoms with Crippen LogP contribution in [0.25, 0.3) is 0 Å². The molecule has 0 bridgehead atoms. The van der Waals surface area contributed by atoms with Gasteiger partial charge in [0.05, 0.1) is 5.75 Å². The lowest BCUT2D eigenvalue weighted by Crippen LogP contribution is -2.46. The Balaban J connectivity index is 3.81. The molecule has 0 saturated carbocycles. The summed E-state index contributed by atoms with van der Waals surface area (Å²) in [5, 5.41) is 13.9. The summed E-state index contributed by atoms with van der Waals surface area (Å²) in [6.45, 7) is 0.465. The minimum Gasteiger partial charge on any atom is -0.480 e. The van der Waals surface area contributed by atoms with Gasteiger partial charge in [-0.25, -0.2) is 9.59 Å². The number of rotatable bonds is 9. The van der Waals surface area contributed by atoms with Gasteiger partial charge in [-0.05, 0) is 18.4 Å². The minimum absolute atomic E-state index is 0.412. The van der Waals surface area contributed by atoms with E-state index in [1.165, 1.54) is 11.8 Å². The van der Waals surface area contributed by atoms with Crippen molar-refractivity contribution in [2.45, 2.75) is 12.5 Å². The molecular formula is C11H18N2O3S2. The first-order valence-corrected chi connectivity index (χ1v) is 7.94. The van der Waals surface area contributed by atoms with Gasteiger partial charge in [-0.15, -0.1) is 18.2 Å². The van der Waals surface area contributed by atoms with Crippen LogP contribution in [0.2, 0.25) is 0 Å². The predicted octanol–water partition coefficient (Wildman–Crippen LogP) is 0.858. The fourth-order valence-electron chi connectivity index (χ4n) is 1.07. The van der Waals surface area contributed by atoms with Crippen LogP contribution in [0.15, 0.2) is 0 Å². The molecule has 0 rings (SSSR count). The van der Waals surface area contributed by atoms with E-state index in [9.17, 15) is 9.59 Å². The second-order valence-electron chi connectivity index (χ2n) is 3.33. The number of amides is 2. The molecule has 7 heteroatoms. The van der Waals surface area contributed by atoms with E-state index in [2.05, 4.69) is 16.6 Å². The quantitative estimate of drug-likeness (QED) is 0.433. The van der Waals surface area contributed by atoms with E-state index in [1.54, 1.807) is 11.8 Å². The molecule has 0 saturated heterocycles. The van der Waals surface area contributed by atoms with E-state index in [1.807, 2.05) is 6.26 Å². The van der Waals surface area contributed by atoms with Gasteiger partial charge in [-0.1, -0.05) is 5.92 Å². The highest BCUT2D eigenvalue weighted by atomic mass is 32.2. The number of hydrogen-bond donors (Lipinski definition) is 3. The van der Waals surface area contributed by atoms with Crippen LogP contribution >= 0.6 is 23.5 Å². The third-order valence-corrected chi connectivity index (χ3v) is 3.44. The van der Waals surface area contributed by atoms with Gasteiger partial charge in [0.15, 0.2) is 0 Å². The van der Waals surface area contributed by atoms with Crippen LogP contribution in [0.3, 0.4) is 0 Å². The Morgan fingerprint density at radius 2 is 2.17 bits per heavy atom. The number of hydrogen-bond acceptors (Lipinski definition) is 4. The number of carboxylic acid groups (broad SMARTS) is 1. The number of thioether (sulfide) groups is 2. The zero-order valence-electron chi connectivity index (χ0n) is 10.3. The van der Waals surface area contributed by atoms with Gasteiger partial charge in [0, 0.05) is 12.3 Å². The lowest BCUT2D eigenvalue weighted by Gasteiger charge is -2.14. The maximum Gasteiger partial charge on any atom is 0.326 e. The summed E-state index contributed by atoms with van der Waals surface area (Å²) in [7, 11) is 0. The second-order valence-corrected chi connectivity index (χ2v) is 5.42. The van der Waals surface area contributed by atoms with Crippen LogP contribution in [0.5, 0.6) is 0 Å². The first kappa shape index (κ1) is 17.0. The van der Waals surface area contributed by atoms with Crippen molar-refractivity contribution in [3.8, 4) is 12.3 Å². The van der Waals surface area contributed by atoms with Crippen LogP contribution in [0.1, 0.15) is 6.42 Å². The third kappa shape index (κ3) is 9.07. The van der Waals surface area contributed by atoms with Crippen LogP contribution in [-0.2, 0) is 4.79 Å². The Labute approximate surface area is 116 Å². The molecule has 0 aliphatic carbocycles. The Bertz CT molecular complexity index is 305. The van der Waals surface area contributed by atoms with Crippen molar-refractivity contribution < 1.29 is 14.7 Å². The molecule has 0 unspecified atom stereocenters. The average Bonchev–Trinajstić information content (AvgIpc) is 2.33. The lowest BCUT2D eigenvalue weighted by atomic mass is 10.2. The molecule has 2 amide bonds. The zero-order valence-corrected chi connectivity index (χ0v) is 11.9. The molecule has 0 aromatic heterocycles. The summed E-state index contributed by atoms with van der Waals surface area (Å²) >= 11 is 3.08. The molecule has 1 atom stereocenters. The van der Waals surface area contributed by atoms with Crippen molar-refractivity contribution >= 4 is 35.5 Å². The third-order valence-electron chi connectivity index (χ3n) is 1.93. The first-order chi connectivity index (χ1) is 8.61. The Kier molecular flexibility index (Phi) is 10.5. The Morgan fingerprint density at radius 1 is 1.44 bits per heavy atom. The molecular weight excluding hydrogens is 272 g/mol. The topological polar surface area (TPSA) is 78.4 Å². The van der Waals surface area contributed by atoms with Crippen molar-refractivity contribution in [1.29, 1.82) is 0 Å². The molecule has 0 radical (unpaired) electrons. The standard InChI is InChI=1S/C11H18N2O3S2/c1-3-6-18-8-5-12-11(16)13-9(10(14)15)4-7-17-2/h1,9H,4-8H2,2H3,(H,14,15)(H2,12,13,16)/t9-/m0/s1. The first-order valence-electron chi connectivity index (χ1n) is 5.39. The fraction of sp³-hybridized carbons (Fsp3) is 0.636. The number of aliphatic carboxylic acids is 1. The molecule has 18 heavy (non-hydrogen) atoms. The highest BCUT2D eigenvalue weighted by Crippen LogP contribution is 2.01. The highest BCUT2D eigenvalue weighted by Gasteiger charge is 2.18. The molecule has 0 aromatic carbocycles. The molecule has 0 heterocycles. The summed E-state index contributed by atoms with van der Waals surface area (Å²) in [6.07, 6.45) is 7.38. The maximum atomic E-state index is 11.4. The van der Waals surface area contributed by atoms with Gasteiger partial charge in [-0.2, -0.15) is 11.8 Å². The van der Waals surface area contributed by atoms with Gasteiger partial charge < -0.3 is 15.7 Å². The largest absolute Gasteiger partial charge is 0.480 e. The van der Waals surface area contributed by atoms with Crippen molar-refractivity contribution in [2.75, 3.05) is 30.1 Å². The van der Waals surface area contributed by atoms with E-state index in [0.717, 1.165) is 0 Å². The molecule has 3 N–H and O–H groups in total. The molecule has 5 nitrogen and oxygen atoms in total. The van der Waals surface area contributed by atoms with E-state index in [0.29, 0.717) is 30.2 Å². The molecule has 0 aliphatic heterocycles. The lowest BCUT2D eigenvalue weighted by molar-refractivity contribution is -0.139. The van der Waals surface area contributed by atoms with E-state index in [4.69, 9.17) is 11.5 Å². The molecule has 102 valence electrons. The number of urea groups is 1. The zero-order chi connectivity index (χ0) is 13.8. The van der Waals surface area contributed by atoms with Crippen molar-refractivity contribution in [2.24, 2.45) is 0 Å². The minimum atomic E-state index is -1.01. The van der Waals surface area contributed by atoms with Gasteiger partial charge in [0.2, 0.25) is 0 Å². The van der Waals surface area contributed by atoms with Crippen molar-refractivity contribution in [1.82, 2.24) is 10.6 Å². The van der Waals surface area contributed by atoms with Crippen molar-refractivity contribution in [3.63, 3.8) is 0 Å². The normalized spacial score (nSPS) is 11.3. The fourth-order valence-corrected chi connectivity index (χ4v) is 2.05. The smallest absolute Gasteiger partial charge is 0.326 e. The number of terminal acetylenes is 1. The summed E-state index contributed by atoms with van der Waals surface area (Å²) in [5.41, 5.74) is 0. The van der Waals surface area contributed by atoms with Gasteiger partial charge in [0.25, 0.3) is 0 Å². The van der Waals surface area contributed by atoms with Gasteiger partial charge in [-0.3, -0.25) is 0 Å². The number of carbonyl (C=O) groups is 2. The monoisotopic (exact) mass is 290 g/mol. The Hall–Kier alpha value is -1.00. The molecule has 0 aromatic rings. The van der Waals surface area contributed by atoms with E-state index < -0.39 is 18.0 Å². The predicted molar refractivity (Wildman–Crippen MR) is 77.1 cm³/mol. The summed E-state index contributed by atoms with van der Waals surface area (Å²) in [4.78, 5) is 22.3.